The summed E-state index contributed by atoms with van der Waals surface area (Å²) < 4.78 is 6.60. The van der Waals surface area contributed by atoms with Crippen molar-refractivity contribution in [3.05, 3.63) is 52.2 Å². The van der Waals surface area contributed by atoms with Gasteiger partial charge in [0.25, 0.3) is 5.69 Å². The lowest BCUT2D eigenvalue weighted by atomic mass is 10.1. The number of pyridine rings is 1. The molecule has 3 aromatic rings. The number of rotatable bonds is 3. The van der Waals surface area contributed by atoms with Crippen LogP contribution in [0.2, 0.25) is 0 Å². The molecule has 0 radical (unpaired) electrons. The molecule has 0 bridgehead atoms. The van der Waals surface area contributed by atoms with Crippen molar-refractivity contribution in [2.75, 3.05) is 6.61 Å². The second kappa shape index (κ2) is 4.86. The molecular weight excluding hydrogens is 274 g/mol. The number of nitro groups is 1. The van der Waals surface area contributed by atoms with E-state index in [2.05, 4.69) is 4.98 Å². The lowest BCUT2D eigenvalue weighted by molar-refractivity contribution is -0.385. The third kappa shape index (κ3) is 2.08. The van der Waals surface area contributed by atoms with Crippen LogP contribution in [0.5, 0.6) is 0 Å². The van der Waals surface area contributed by atoms with E-state index >= 15 is 0 Å². The molecule has 0 saturated carbocycles. The van der Waals surface area contributed by atoms with Gasteiger partial charge in [-0.15, -0.1) is 0 Å². The number of hydrogen-bond donors (Lipinski definition) is 0. The third-order valence-corrected chi connectivity index (χ3v) is 3.12. The van der Waals surface area contributed by atoms with E-state index in [9.17, 15) is 14.9 Å². The number of imidazole rings is 1. The molecule has 0 aliphatic carbocycles. The first-order chi connectivity index (χ1) is 10.1. The van der Waals surface area contributed by atoms with Crippen LogP contribution in [-0.2, 0) is 4.74 Å². The van der Waals surface area contributed by atoms with E-state index in [0.29, 0.717) is 16.7 Å². The molecule has 0 N–H and O–H groups in total. The van der Waals surface area contributed by atoms with E-state index in [0.717, 1.165) is 0 Å². The first kappa shape index (κ1) is 13.0. The lowest BCUT2D eigenvalue weighted by Gasteiger charge is -2.03. The molecule has 7 heteroatoms. The maximum Gasteiger partial charge on any atom is 0.345 e. The van der Waals surface area contributed by atoms with Gasteiger partial charge in [-0.05, 0) is 25.1 Å². The number of esters is 1. The van der Waals surface area contributed by atoms with Crippen molar-refractivity contribution < 1.29 is 14.5 Å². The SMILES string of the molecule is CCOC(=O)c1cc2nc3ccccn3c2cc1[N+](=O)[O-]. The molecular formula is C14H11N3O4. The van der Waals surface area contributed by atoms with Crippen LogP contribution in [0.3, 0.4) is 0 Å². The maximum atomic E-state index is 11.9. The van der Waals surface area contributed by atoms with E-state index in [1.165, 1.54) is 12.1 Å². The summed E-state index contributed by atoms with van der Waals surface area (Å²) in [6.07, 6.45) is 1.76. The normalized spacial score (nSPS) is 10.9. The highest BCUT2D eigenvalue weighted by atomic mass is 16.6. The van der Waals surface area contributed by atoms with Crippen molar-refractivity contribution in [3.8, 4) is 0 Å². The van der Waals surface area contributed by atoms with Crippen molar-refractivity contribution in [1.29, 1.82) is 0 Å². The van der Waals surface area contributed by atoms with E-state index in [1.807, 2.05) is 6.07 Å². The third-order valence-electron chi connectivity index (χ3n) is 3.12. The van der Waals surface area contributed by atoms with Crippen molar-refractivity contribution >= 4 is 28.3 Å². The second-order valence-electron chi connectivity index (χ2n) is 4.38. The summed E-state index contributed by atoms with van der Waals surface area (Å²) in [6, 6.07) is 8.16. The van der Waals surface area contributed by atoms with Gasteiger partial charge in [-0.25, -0.2) is 9.78 Å². The molecule has 0 unspecified atom stereocenters. The fraction of sp³-hybridized carbons (Fsp3) is 0.143. The monoisotopic (exact) mass is 285 g/mol. The Bertz CT molecular complexity index is 869. The topological polar surface area (TPSA) is 86.7 Å². The summed E-state index contributed by atoms with van der Waals surface area (Å²) in [5.74, 6) is -0.719. The minimum absolute atomic E-state index is 0.0854. The zero-order valence-electron chi connectivity index (χ0n) is 11.1. The summed E-state index contributed by atoms with van der Waals surface area (Å²) >= 11 is 0. The van der Waals surface area contributed by atoms with E-state index in [-0.39, 0.29) is 17.9 Å². The van der Waals surface area contributed by atoms with Gasteiger partial charge in [0.1, 0.15) is 11.2 Å². The average molecular weight is 285 g/mol. The van der Waals surface area contributed by atoms with Crippen molar-refractivity contribution in [2.24, 2.45) is 0 Å². The molecule has 0 aliphatic rings. The molecule has 0 atom stereocenters. The number of ether oxygens (including phenoxy) is 1. The van der Waals surface area contributed by atoms with E-state index in [1.54, 1.807) is 29.7 Å². The number of nitrogens with zero attached hydrogens (tertiary/aromatic N) is 3. The number of carbonyl (C=O) groups is 1. The predicted octanol–water partition coefficient (Wildman–Crippen LogP) is 2.57. The first-order valence-corrected chi connectivity index (χ1v) is 6.34. The van der Waals surface area contributed by atoms with Crippen LogP contribution >= 0.6 is 0 Å². The average Bonchev–Trinajstić information content (AvgIpc) is 2.83. The molecule has 0 fully saturated rings. The van der Waals surface area contributed by atoms with Gasteiger partial charge in [0.2, 0.25) is 0 Å². The zero-order chi connectivity index (χ0) is 15.0. The van der Waals surface area contributed by atoms with Gasteiger partial charge in [-0.1, -0.05) is 6.07 Å². The molecule has 3 rings (SSSR count). The Morgan fingerprint density at radius 2 is 2.24 bits per heavy atom. The first-order valence-electron chi connectivity index (χ1n) is 6.34. The number of nitro benzene ring substituents is 1. The molecule has 1 aromatic carbocycles. The number of carbonyl (C=O) groups excluding carboxylic acids is 1. The smallest absolute Gasteiger partial charge is 0.345 e. The Labute approximate surface area is 118 Å². The lowest BCUT2D eigenvalue weighted by Crippen LogP contribution is -2.08. The standard InChI is InChI=1S/C14H11N3O4/c1-2-21-14(18)9-7-10-12(8-11(9)17(19)20)16-6-4-3-5-13(16)15-10/h3-8H,2H2,1H3. The molecule has 0 spiro atoms. The van der Waals surface area contributed by atoms with Crippen LogP contribution in [0.15, 0.2) is 36.5 Å². The molecule has 2 aromatic heterocycles. The molecule has 7 nitrogen and oxygen atoms in total. The fourth-order valence-electron chi connectivity index (χ4n) is 2.22. The maximum absolute atomic E-state index is 11.9. The Hall–Kier alpha value is -2.96. The molecule has 21 heavy (non-hydrogen) atoms. The highest BCUT2D eigenvalue weighted by molar-refractivity contribution is 5.99. The van der Waals surface area contributed by atoms with Gasteiger partial charge in [-0.3, -0.25) is 14.5 Å². The summed E-state index contributed by atoms with van der Waals surface area (Å²) in [7, 11) is 0. The summed E-state index contributed by atoms with van der Waals surface area (Å²) in [4.78, 5) is 26.8. The summed E-state index contributed by atoms with van der Waals surface area (Å²) in [5, 5.41) is 11.2. The largest absolute Gasteiger partial charge is 0.462 e. The van der Waals surface area contributed by atoms with Gasteiger partial charge in [0.15, 0.2) is 0 Å². The Balaban J connectivity index is 2.32. The molecule has 0 aliphatic heterocycles. The van der Waals surface area contributed by atoms with Gasteiger partial charge < -0.3 is 4.74 Å². The Kier molecular flexibility index (Phi) is 3.02. The number of aromatic nitrogens is 2. The number of benzene rings is 1. The molecule has 0 amide bonds. The van der Waals surface area contributed by atoms with Crippen LogP contribution < -0.4 is 0 Å². The molecule has 0 saturated heterocycles. The van der Waals surface area contributed by atoms with E-state index in [4.69, 9.17) is 4.74 Å². The van der Waals surface area contributed by atoms with Crippen LogP contribution in [0, 0.1) is 10.1 Å². The Morgan fingerprint density at radius 3 is 2.95 bits per heavy atom. The van der Waals surface area contributed by atoms with Crippen LogP contribution in [0.4, 0.5) is 5.69 Å². The van der Waals surface area contributed by atoms with Crippen molar-refractivity contribution in [3.63, 3.8) is 0 Å². The predicted molar refractivity (Wildman–Crippen MR) is 75.3 cm³/mol. The van der Waals surface area contributed by atoms with Crippen LogP contribution in [-0.4, -0.2) is 26.9 Å². The minimum atomic E-state index is -0.719. The highest BCUT2D eigenvalue weighted by Gasteiger charge is 2.24. The van der Waals surface area contributed by atoms with Crippen molar-refractivity contribution in [1.82, 2.24) is 9.38 Å². The Morgan fingerprint density at radius 1 is 1.43 bits per heavy atom. The van der Waals surface area contributed by atoms with Crippen LogP contribution in [0.1, 0.15) is 17.3 Å². The second-order valence-corrected chi connectivity index (χ2v) is 4.38. The van der Waals surface area contributed by atoms with Gasteiger partial charge in [-0.2, -0.15) is 0 Å². The highest BCUT2D eigenvalue weighted by Crippen LogP contribution is 2.27. The van der Waals surface area contributed by atoms with E-state index < -0.39 is 10.9 Å². The zero-order valence-corrected chi connectivity index (χ0v) is 11.1. The summed E-state index contributed by atoms with van der Waals surface area (Å²) in [6.45, 7) is 1.80. The van der Waals surface area contributed by atoms with Gasteiger partial charge >= 0.3 is 5.97 Å². The summed E-state index contributed by atoms with van der Waals surface area (Å²) in [5.41, 5.74) is 1.37. The quantitative estimate of drug-likeness (QED) is 0.419. The van der Waals surface area contributed by atoms with Gasteiger partial charge in [0, 0.05) is 12.3 Å². The number of hydrogen-bond acceptors (Lipinski definition) is 5. The molecule has 2 heterocycles. The number of fused-ring (bicyclic) bond motifs is 3. The van der Waals surface area contributed by atoms with Crippen LogP contribution in [0.25, 0.3) is 16.7 Å². The fourth-order valence-corrected chi connectivity index (χ4v) is 2.22. The van der Waals surface area contributed by atoms with Crippen molar-refractivity contribution in [2.45, 2.75) is 6.92 Å². The molecule has 106 valence electrons. The minimum Gasteiger partial charge on any atom is -0.462 e. The van der Waals surface area contributed by atoms with Gasteiger partial charge in [0.05, 0.1) is 22.6 Å².